The van der Waals surface area contributed by atoms with Crippen molar-refractivity contribution in [3.63, 3.8) is 0 Å². The van der Waals surface area contributed by atoms with Crippen molar-refractivity contribution < 1.29 is 4.79 Å². The molecular weight excluding hydrogens is 266 g/mol. The maximum atomic E-state index is 10.9. The van der Waals surface area contributed by atoms with Crippen molar-refractivity contribution >= 4 is 34.0 Å². The number of carbonyl (C=O) groups excluding carboxylic acids is 1. The Bertz CT molecular complexity index is 788. The molecule has 6 nitrogen and oxygen atoms in total. The summed E-state index contributed by atoms with van der Waals surface area (Å²) < 4.78 is 0. The number of aromatic nitrogens is 2. The van der Waals surface area contributed by atoms with Gasteiger partial charge in [-0.05, 0) is 29.7 Å². The minimum absolute atomic E-state index is 0.427. The summed E-state index contributed by atoms with van der Waals surface area (Å²) in [6.45, 7) is 0. The number of nitrogens with two attached hydrogens (primary N) is 1. The second-order valence-electron chi connectivity index (χ2n) is 4.45. The third-order valence-corrected chi connectivity index (χ3v) is 2.98. The third kappa shape index (κ3) is 2.89. The number of hydrogen-bond acceptors (Lipinski definition) is 4. The van der Waals surface area contributed by atoms with Gasteiger partial charge in [-0.25, -0.2) is 9.78 Å². The van der Waals surface area contributed by atoms with E-state index >= 15 is 0 Å². The molecule has 2 amide bonds. The Labute approximate surface area is 121 Å². The molecule has 6 heteroatoms. The van der Waals surface area contributed by atoms with Gasteiger partial charge in [0.1, 0.15) is 5.82 Å². The standard InChI is InChI=1S/C15H13N5O/c16-15(21)20-14-8-10-2-1-3-13(12(10)9-18-14)19-11-4-6-17-7-5-11/h1-9H,(H,17,19)(H3,16,18,20,21). The quantitative estimate of drug-likeness (QED) is 0.687. The number of fused-ring (bicyclic) bond motifs is 1. The number of carbonyl (C=O) groups is 1. The molecule has 3 rings (SSSR count). The lowest BCUT2D eigenvalue weighted by atomic mass is 10.1. The molecular formula is C15H13N5O. The predicted molar refractivity (Wildman–Crippen MR) is 82.5 cm³/mol. The Balaban J connectivity index is 1.98. The van der Waals surface area contributed by atoms with E-state index in [9.17, 15) is 4.79 Å². The van der Waals surface area contributed by atoms with Crippen LogP contribution in [0.1, 0.15) is 0 Å². The van der Waals surface area contributed by atoms with E-state index in [2.05, 4.69) is 20.6 Å². The molecule has 0 aliphatic carbocycles. The van der Waals surface area contributed by atoms with E-state index in [1.165, 1.54) is 0 Å². The van der Waals surface area contributed by atoms with Gasteiger partial charge in [0.05, 0.1) is 0 Å². The van der Waals surface area contributed by atoms with Crippen LogP contribution >= 0.6 is 0 Å². The fourth-order valence-corrected chi connectivity index (χ4v) is 2.07. The van der Waals surface area contributed by atoms with E-state index in [1.54, 1.807) is 24.7 Å². The Morgan fingerprint density at radius 1 is 1.14 bits per heavy atom. The molecule has 0 radical (unpaired) electrons. The van der Waals surface area contributed by atoms with Crippen molar-refractivity contribution in [2.75, 3.05) is 10.6 Å². The molecule has 0 aliphatic heterocycles. The first-order chi connectivity index (χ1) is 10.2. The smallest absolute Gasteiger partial charge is 0.317 e. The summed E-state index contributed by atoms with van der Waals surface area (Å²) in [6, 6.07) is 10.8. The number of rotatable bonds is 3. The average Bonchev–Trinajstić information content (AvgIpc) is 2.48. The molecule has 4 N–H and O–H groups in total. The summed E-state index contributed by atoms with van der Waals surface area (Å²) >= 11 is 0. The van der Waals surface area contributed by atoms with Gasteiger partial charge in [0, 0.05) is 35.4 Å². The summed E-state index contributed by atoms with van der Waals surface area (Å²) in [5.74, 6) is 0.427. The number of urea groups is 1. The zero-order valence-electron chi connectivity index (χ0n) is 11.1. The molecule has 2 aromatic heterocycles. The molecule has 0 unspecified atom stereocenters. The molecule has 21 heavy (non-hydrogen) atoms. The van der Waals surface area contributed by atoms with Crippen molar-refractivity contribution in [1.82, 2.24) is 9.97 Å². The van der Waals surface area contributed by atoms with E-state index in [0.717, 1.165) is 22.1 Å². The molecule has 3 aromatic rings. The van der Waals surface area contributed by atoms with Crippen LogP contribution in [0.25, 0.3) is 10.8 Å². The van der Waals surface area contributed by atoms with Gasteiger partial charge in [-0.15, -0.1) is 0 Å². The highest BCUT2D eigenvalue weighted by Gasteiger charge is 2.04. The van der Waals surface area contributed by atoms with Gasteiger partial charge < -0.3 is 11.1 Å². The first kappa shape index (κ1) is 12.9. The van der Waals surface area contributed by atoms with Crippen LogP contribution in [0.15, 0.2) is 55.0 Å². The lowest BCUT2D eigenvalue weighted by Gasteiger charge is -2.10. The third-order valence-electron chi connectivity index (χ3n) is 2.98. The van der Waals surface area contributed by atoms with Gasteiger partial charge in [-0.3, -0.25) is 10.3 Å². The van der Waals surface area contributed by atoms with Gasteiger partial charge in [-0.2, -0.15) is 0 Å². The van der Waals surface area contributed by atoms with Crippen LogP contribution in [0.5, 0.6) is 0 Å². The van der Waals surface area contributed by atoms with E-state index in [0.29, 0.717) is 5.82 Å². The van der Waals surface area contributed by atoms with Crippen molar-refractivity contribution in [2.24, 2.45) is 5.73 Å². The highest BCUT2D eigenvalue weighted by molar-refractivity contribution is 5.97. The van der Waals surface area contributed by atoms with Gasteiger partial charge in [0.2, 0.25) is 0 Å². The molecule has 0 saturated carbocycles. The van der Waals surface area contributed by atoms with Crippen molar-refractivity contribution in [3.8, 4) is 0 Å². The SMILES string of the molecule is NC(=O)Nc1cc2cccc(Nc3ccncc3)c2cn1. The number of benzene rings is 1. The number of nitrogens with one attached hydrogen (secondary N) is 2. The van der Waals surface area contributed by atoms with Crippen LogP contribution in [0.2, 0.25) is 0 Å². The highest BCUT2D eigenvalue weighted by atomic mass is 16.2. The van der Waals surface area contributed by atoms with Crippen molar-refractivity contribution in [1.29, 1.82) is 0 Å². The number of amides is 2. The van der Waals surface area contributed by atoms with Crippen LogP contribution < -0.4 is 16.4 Å². The lowest BCUT2D eigenvalue weighted by Crippen LogP contribution is -2.19. The van der Waals surface area contributed by atoms with Crippen LogP contribution in [0, 0.1) is 0 Å². The zero-order chi connectivity index (χ0) is 14.7. The summed E-state index contributed by atoms with van der Waals surface area (Å²) in [5.41, 5.74) is 6.96. The average molecular weight is 279 g/mol. The van der Waals surface area contributed by atoms with E-state index in [1.807, 2.05) is 30.3 Å². The molecule has 104 valence electrons. The Kier molecular flexibility index (Phi) is 3.34. The highest BCUT2D eigenvalue weighted by Crippen LogP contribution is 2.27. The fraction of sp³-hybridized carbons (Fsp3) is 0. The Morgan fingerprint density at radius 2 is 1.95 bits per heavy atom. The topological polar surface area (TPSA) is 92.9 Å². The van der Waals surface area contributed by atoms with E-state index in [4.69, 9.17) is 5.73 Å². The summed E-state index contributed by atoms with van der Waals surface area (Å²) in [4.78, 5) is 19.0. The van der Waals surface area contributed by atoms with Crippen LogP contribution in [-0.2, 0) is 0 Å². The second-order valence-corrected chi connectivity index (χ2v) is 4.45. The van der Waals surface area contributed by atoms with Gasteiger partial charge in [-0.1, -0.05) is 12.1 Å². The number of pyridine rings is 2. The minimum atomic E-state index is -0.632. The van der Waals surface area contributed by atoms with Crippen LogP contribution in [-0.4, -0.2) is 16.0 Å². The second kappa shape index (κ2) is 5.46. The van der Waals surface area contributed by atoms with Gasteiger partial charge >= 0.3 is 6.03 Å². The van der Waals surface area contributed by atoms with Crippen molar-refractivity contribution in [3.05, 3.63) is 55.0 Å². The number of nitrogens with zero attached hydrogens (tertiary/aromatic N) is 2. The molecule has 0 saturated heterocycles. The van der Waals surface area contributed by atoms with Crippen LogP contribution in [0.4, 0.5) is 22.0 Å². The van der Waals surface area contributed by atoms with Gasteiger partial charge in [0.15, 0.2) is 0 Å². The van der Waals surface area contributed by atoms with E-state index in [-0.39, 0.29) is 0 Å². The maximum Gasteiger partial charge on any atom is 0.317 e. The first-order valence-electron chi connectivity index (χ1n) is 6.35. The summed E-state index contributed by atoms with van der Waals surface area (Å²) in [7, 11) is 0. The largest absolute Gasteiger partial charge is 0.355 e. The van der Waals surface area contributed by atoms with Gasteiger partial charge in [0.25, 0.3) is 0 Å². The summed E-state index contributed by atoms with van der Waals surface area (Å²) in [5, 5.41) is 7.68. The monoisotopic (exact) mass is 279 g/mol. The Morgan fingerprint density at radius 3 is 2.71 bits per heavy atom. The Hall–Kier alpha value is -3.15. The molecule has 1 aromatic carbocycles. The molecule has 2 heterocycles. The maximum absolute atomic E-state index is 10.9. The molecule has 0 aliphatic rings. The predicted octanol–water partition coefficient (Wildman–Crippen LogP) is 2.86. The summed E-state index contributed by atoms with van der Waals surface area (Å²) in [6.07, 6.45) is 5.14. The van der Waals surface area contributed by atoms with Crippen LogP contribution in [0.3, 0.4) is 0 Å². The first-order valence-corrected chi connectivity index (χ1v) is 6.35. The molecule has 0 fully saturated rings. The molecule has 0 bridgehead atoms. The molecule has 0 atom stereocenters. The van der Waals surface area contributed by atoms with E-state index < -0.39 is 6.03 Å². The minimum Gasteiger partial charge on any atom is -0.355 e. The van der Waals surface area contributed by atoms with Crippen molar-refractivity contribution in [2.45, 2.75) is 0 Å². The fourth-order valence-electron chi connectivity index (χ4n) is 2.07. The number of primary amides is 1. The zero-order valence-corrected chi connectivity index (χ0v) is 11.1. The number of hydrogen-bond donors (Lipinski definition) is 3. The normalized spacial score (nSPS) is 10.3. The molecule has 0 spiro atoms. The lowest BCUT2D eigenvalue weighted by molar-refractivity contribution is 0.259. The number of anilines is 3.